The number of fused-ring (bicyclic) bond motifs is 1. The second kappa shape index (κ2) is 6.01. The van der Waals surface area contributed by atoms with E-state index in [2.05, 4.69) is 20.9 Å². The molecule has 3 rings (SSSR count). The normalized spacial score (nSPS) is 16.3. The number of halogens is 2. The van der Waals surface area contributed by atoms with E-state index in [4.69, 9.17) is 16.3 Å². The van der Waals surface area contributed by atoms with Gasteiger partial charge in [-0.1, -0.05) is 36.9 Å². The van der Waals surface area contributed by atoms with Gasteiger partial charge < -0.3 is 9.72 Å². The highest BCUT2D eigenvalue weighted by Gasteiger charge is 2.24. The Hall–Kier alpha value is -1.00. The number of aromatic nitrogens is 1. The van der Waals surface area contributed by atoms with Crippen LogP contribution in [0.2, 0.25) is 5.02 Å². The van der Waals surface area contributed by atoms with Gasteiger partial charge in [-0.05, 0) is 46.3 Å². The van der Waals surface area contributed by atoms with E-state index in [1.165, 1.54) is 44.8 Å². The maximum Gasteiger partial charge on any atom is 0.339 e. The lowest BCUT2D eigenvalue weighted by Crippen LogP contribution is -2.05. The van der Waals surface area contributed by atoms with Crippen molar-refractivity contribution in [1.82, 2.24) is 4.98 Å². The number of carbonyl (C=O) groups is 1. The summed E-state index contributed by atoms with van der Waals surface area (Å²) < 4.78 is 5.75. The Morgan fingerprint density at radius 3 is 2.71 bits per heavy atom. The van der Waals surface area contributed by atoms with E-state index in [-0.39, 0.29) is 0 Å². The minimum Gasteiger partial charge on any atom is -0.465 e. The van der Waals surface area contributed by atoms with Gasteiger partial charge in [-0.15, -0.1) is 0 Å². The van der Waals surface area contributed by atoms with Gasteiger partial charge >= 0.3 is 5.97 Å². The monoisotopic (exact) mass is 369 g/mol. The number of hydrogen-bond donors (Lipinski definition) is 1. The van der Waals surface area contributed by atoms with Gasteiger partial charge in [-0.2, -0.15) is 0 Å². The Morgan fingerprint density at radius 1 is 1.33 bits per heavy atom. The van der Waals surface area contributed by atoms with Gasteiger partial charge in [0.1, 0.15) is 0 Å². The smallest absolute Gasteiger partial charge is 0.339 e. The molecule has 0 unspecified atom stereocenters. The van der Waals surface area contributed by atoms with Crippen LogP contribution in [0.5, 0.6) is 0 Å². The van der Waals surface area contributed by atoms with Crippen LogP contribution in [0.4, 0.5) is 0 Å². The van der Waals surface area contributed by atoms with Crippen molar-refractivity contribution in [2.75, 3.05) is 7.11 Å². The van der Waals surface area contributed by atoms with Crippen molar-refractivity contribution < 1.29 is 9.53 Å². The van der Waals surface area contributed by atoms with Crippen LogP contribution in [0.15, 0.2) is 16.7 Å². The molecule has 1 heterocycles. The second-order valence-electron chi connectivity index (χ2n) is 5.53. The molecule has 5 heteroatoms. The van der Waals surface area contributed by atoms with Crippen molar-refractivity contribution in [2.24, 2.45) is 0 Å². The van der Waals surface area contributed by atoms with Crippen molar-refractivity contribution in [3.8, 4) is 0 Å². The fraction of sp³-hybridized carbons (Fsp3) is 0.438. The first-order chi connectivity index (χ1) is 10.1. The fourth-order valence-electron chi connectivity index (χ4n) is 3.28. The van der Waals surface area contributed by atoms with Gasteiger partial charge in [-0.25, -0.2) is 4.79 Å². The highest BCUT2D eigenvalue weighted by molar-refractivity contribution is 9.10. The van der Waals surface area contributed by atoms with Crippen LogP contribution in [0.1, 0.15) is 53.9 Å². The Labute approximate surface area is 137 Å². The summed E-state index contributed by atoms with van der Waals surface area (Å²) in [6.07, 6.45) is 6.29. The number of aromatic amines is 1. The lowest BCUT2D eigenvalue weighted by atomic mass is 9.84. The molecule has 21 heavy (non-hydrogen) atoms. The molecule has 0 aliphatic heterocycles. The number of carbonyl (C=O) groups excluding carboxylic acids is 1. The first-order valence-electron chi connectivity index (χ1n) is 7.21. The number of ether oxygens (including phenoxy) is 1. The van der Waals surface area contributed by atoms with Crippen molar-refractivity contribution in [1.29, 1.82) is 0 Å². The van der Waals surface area contributed by atoms with Gasteiger partial charge in [0.2, 0.25) is 0 Å². The van der Waals surface area contributed by atoms with Crippen LogP contribution in [-0.4, -0.2) is 18.1 Å². The summed E-state index contributed by atoms with van der Waals surface area (Å²) in [5.41, 5.74) is 2.51. The van der Waals surface area contributed by atoms with Crippen LogP contribution in [-0.2, 0) is 4.74 Å². The predicted octanol–water partition coefficient (Wildman–Crippen LogP) is 5.42. The molecule has 2 aromatic rings. The molecular weight excluding hydrogens is 354 g/mol. The van der Waals surface area contributed by atoms with E-state index in [9.17, 15) is 4.79 Å². The molecular formula is C16H17BrClNO2. The van der Waals surface area contributed by atoms with Crippen LogP contribution in [0.25, 0.3) is 10.9 Å². The van der Waals surface area contributed by atoms with Crippen LogP contribution < -0.4 is 0 Å². The molecule has 1 fully saturated rings. The number of H-pyrrole nitrogens is 1. The van der Waals surface area contributed by atoms with Gasteiger partial charge in [0.05, 0.1) is 27.8 Å². The highest BCUT2D eigenvalue weighted by atomic mass is 79.9. The summed E-state index contributed by atoms with van der Waals surface area (Å²) >= 11 is 10.0. The molecule has 0 bridgehead atoms. The van der Waals surface area contributed by atoms with E-state index in [0.29, 0.717) is 16.5 Å². The van der Waals surface area contributed by atoms with Gasteiger partial charge in [0, 0.05) is 5.39 Å². The van der Waals surface area contributed by atoms with Crippen LogP contribution in [0, 0.1) is 0 Å². The van der Waals surface area contributed by atoms with E-state index in [1.807, 2.05) is 6.07 Å². The number of rotatable bonds is 2. The summed E-state index contributed by atoms with van der Waals surface area (Å²) in [6, 6.07) is 3.72. The molecule has 3 nitrogen and oxygen atoms in total. The molecule has 0 radical (unpaired) electrons. The summed E-state index contributed by atoms with van der Waals surface area (Å²) in [7, 11) is 1.36. The summed E-state index contributed by atoms with van der Waals surface area (Å²) in [6.45, 7) is 0. The average molecular weight is 371 g/mol. The maximum atomic E-state index is 11.7. The van der Waals surface area contributed by atoms with Crippen molar-refractivity contribution >= 4 is 44.4 Å². The number of benzene rings is 1. The zero-order valence-corrected chi connectivity index (χ0v) is 14.2. The molecule has 1 aliphatic carbocycles. The second-order valence-corrected chi connectivity index (χ2v) is 6.70. The quantitative estimate of drug-likeness (QED) is 0.717. The summed E-state index contributed by atoms with van der Waals surface area (Å²) in [5, 5.41) is 1.54. The molecule has 1 aromatic carbocycles. The Bertz CT molecular complexity index is 689. The number of esters is 1. The van der Waals surface area contributed by atoms with Crippen LogP contribution >= 0.6 is 27.5 Å². The van der Waals surface area contributed by atoms with Crippen LogP contribution in [0.3, 0.4) is 0 Å². The molecule has 0 spiro atoms. The summed E-state index contributed by atoms with van der Waals surface area (Å²) in [4.78, 5) is 15.0. The highest BCUT2D eigenvalue weighted by Crippen LogP contribution is 2.42. The van der Waals surface area contributed by atoms with Gasteiger partial charge in [0.15, 0.2) is 0 Å². The lowest BCUT2D eigenvalue weighted by Gasteiger charge is -2.21. The minimum absolute atomic E-state index is 0.399. The van der Waals surface area contributed by atoms with Crippen molar-refractivity contribution in [3.05, 3.63) is 32.9 Å². The number of nitrogens with one attached hydrogen (secondary N) is 1. The van der Waals surface area contributed by atoms with Crippen molar-refractivity contribution in [3.63, 3.8) is 0 Å². The Balaban J connectivity index is 2.13. The van der Waals surface area contributed by atoms with Gasteiger partial charge in [0.25, 0.3) is 0 Å². The van der Waals surface area contributed by atoms with E-state index in [0.717, 1.165) is 15.5 Å². The molecule has 0 amide bonds. The Morgan fingerprint density at radius 2 is 2.05 bits per heavy atom. The molecule has 0 atom stereocenters. The zero-order chi connectivity index (χ0) is 15.0. The molecule has 0 saturated heterocycles. The van der Waals surface area contributed by atoms with E-state index < -0.39 is 5.97 Å². The SMILES string of the molecule is COC(=O)c1ccc2c(C3CCCCC3)c(Br)[nH]c2c1Cl. The van der Waals surface area contributed by atoms with E-state index in [1.54, 1.807) is 6.07 Å². The first-order valence-corrected chi connectivity index (χ1v) is 8.38. The topological polar surface area (TPSA) is 42.1 Å². The molecule has 1 aliphatic rings. The van der Waals surface area contributed by atoms with Gasteiger partial charge in [-0.3, -0.25) is 0 Å². The predicted molar refractivity (Wildman–Crippen MR) is 88.2 cm³/mol. The fourth-order valence-corrected chi connectivity index (χ4v) is 4.30. The third-order valence-electron chi connectivity index (χ3n) is 4.32. The zero-order valence-electron chi connectivity index (χ0n) is 11.8. The molecule has 1 aromatic heterocycles. The minimum atomic E-state index is -0.410. The number of methoxy groups -OCH3 is 1. The number of hydrogen-bond acceptors (Lipinski definition) is 2. The lowest BCUT2D eigenvalue weighted by molar-refractivity contribution is 0.0601. The standard InChI is InChI=1S/C16H17BrClNO2/c1-21-16(20)11-8-7-10-12(9-5-3-2-4-6-9)15(17)19-14(10)13(11)18/h7-9,19H,2-6H2,1H3. The maximum absolute atomic E-state index is 11.7. The molecule has 1 saturated carbocycles. The van der Waals surface area contributed by atoms with E-state index >= 15 is 0 Å². The third-order valence-corrected chi connectivity index (χ3v) is 5.34. The molecule has 1 N–H and O–H groups in total. The summed E-state index contributed by atoms with van der Waals surface area (Å²) in [5.74, 6) is 0.147. The molecule has 112 valence electrons. The van der Waals surface area contributed by atoms with Crippen molar-refractivity contribution in [2.45, 2.75) is 38.0 Å². The first kappa shape index (κ1) is 14.9. The average Bonchev–Trinajstić information content (AvgIpc) is 2.85. The Kier molecular flexibility index (Phi) is 4.27. The largest absolute Gasteiger partial charge is 0.465 e. The third kappa shape index (κ3) is 2.59.